The number of anilines is 2. The number of aromatic nitrogens is 2. The number of carbonyl (C=O) groups excluding carboxylic acids is 1. The van der Waals surface area contributed by atoms with E-state index in [0.29, 0.717) is 28.6 Å². The highest BCUT2D eigenvalue weighted by molar-refractivity contribution is 7.16. The molecule has 2 atom stereocenters. The molecule has 1 aliphatic carbocycles. The maximum Gasteiger partial charge on any atom is 0.236 e. The average molecular weight is 467 g/mol. The molecule has 33 heavy (non-hydrogen) atoms. The Morgan fingerprint density at radius 1 is 1.42 bits per heavy atom. The van der Waals surface area contributed by atoms with Gasteiger partial charge in [-0.1, -0.05) is 0 Å². The number of aryl methyl sites for hydroxylation is 1. The molecule has 1 fully saturated rings. The molecule has 0 unspecified atom stereocenters. The first kappa shape index (κ1) is 23.1. The summed E-state index contributed by atoms with van der Waals surface area (Å²) in [7, 11) is 2.11. The second-order valence-electron chi connectivity index (χ2n) is 9.17. The molecule has 1 aliphatic heterocycles. The zero-order valence-electron chi connectivity index (χ0n) is 19.3. The van der Waals surface area contributed by atoms with Gasteiger partial charge in [0.15, 0.2) is 5.84 Å². The largest absolute Gasteiger partial charge is 0.389 e. The predicted molar refractivity (Wildman–Crippen MR) is 130 cm³/mol. The fourth-order valence-electron chi connectivity index (χ4n) is 4.93. The van der Waals surface area contributed by atoms with Gasteiger partial charge in [0.05, 0.1) is 11.0 Å². The molecule has 4 N–H and O–H groups in total. The lowest BCUT2D eigenvalue weighted by Crippen LogP contribution is -2.47. The molecule has 10 heteroatoms. The summed E-state index contributed by atoms with van der Waals surface area (Å²) < 4.78 is 0. The number of nitrogens with two attached hydrogens (primary N) is 1. The van der Waals surface area contributed by atoms with Crippen molar-refractivity contribution >= 4 is 34.0 Å². The Balaban J connectivity index is 1.56. The van der Waals surface area contributed by atoms with E-state index in [4.69, 9.17) is 11.1 Å². The van der Waals surface area contributed by atoms with Crippen LogP contribution in [0.25, 0.3) is 0 Å². The maximum absolute atomic E-state index is 13.4. The van der Waals surface area contributed by atoms with Crippen LogP contribution in [0.4, 0.5) is 10.9 Å². The third kappa shape index (κ3) is 4.30. The van der Waals surface area contributed by atoms with Crippen LogP contribution in [0.3, 0.4) is 0 Å². The third-order valence-corrected chi connectivity index (χ3v) is 7.77. The fourth-order valence-corrected chi connectivity index (χ4v) is 6.12. The van der Waals surface area contributed by atoms with Crippen molar-refractivity contribution in [1.29, 1.82) is 10.7 Å². The van der Waals surface area contributed by atoms with Crippen molar-refractivity contribution in [2.75, 3.05) is 37.3 Å². The molecule has 3 heterocycles. The Hall–Kier alpha value is -3.03. The molecule has 9 nitrogen and oxygen atoms in total. The van der Waals surface area contributed by atoms with Crippen LogP contribution in [-0.2, 0) is 16.6 Å². The standard InChI is InChI=1S/C23H30N8OS/c1-14-13-30(3)10-5-11-31(14)22-27-9-7-16(28-22)19(25)29-21(32)23(2)8-4-6-17-18(23)15(12-24)20(26)33-17/h7,9,14H,4-6,8,10-11,13,26H2,1-3H3,(H2,25,29,32)/t14-,23-/m0/s1. The predicted octanol–water partition coefficient (Wildman–Crippen LogP) is 2.26. The van der Waals surface area contributed by atoms with E-state index in [1.54, 1.807) is 12.3 Å². The Morgan fingerprint density at radius 3 is 2.97 bits per heavy atom. The fraction of sp³-hybridized carbons (Fsp3) is 0.522. The summed E-state index contributed by atoms with van der Waals surface area (Å²) >= 11 is 1.39. The molecule has 2 aliphatic rings. The van der Waals surface area contributed by atoms with Crippen LogP contribution < -0.4 is 16.0 Å². The van der Waals surface area contributed by atoms with Crippen LogP contribution in [-0.4, -0.2) is 59.3 Å². The highest BCUT2D eigenvalue weighted by Crippen LogP contribution is 2.45. The molecule has 0 saturated carbocycles. The van der Waals surface area contributed by atoms with Gasteiger partial charge in [0, 0.05) is 35.8 Å². The molecule has 1 saturated heterocycles. The number of amides is 1. The van der Waals surface area contributed by atoms with Crippen LogP contribution in [0.5, 0.6) is 0 Å². The van der Waals surface area contributed by atoms with Crippen molar-refractivity contribution in [2.45, 2.75) is 51.0 Å². The lowest BCUT2D eigenvalue weighted by atomic mass is 9.72. The zero-order valence-corrected chi connectivity index (χ0v) is 20.1. The van der Waals surface area contributed by atoms with Crippen molar-refractivity contribution in [1.82, 2.24) is 20.2 Å². The highest BCUT2D eigenvalue weighted by atomic mass is 32.1. The number of nitriles is 1. The van der Waals surface area contributed by atoms with Crippen molar-refractivity contribution < 1.29 is 4.79 Å². The Bertz CT molecular complexity index is 1120. The topological polar surface area (TPSA) is 135 Å². The van der Waals surface area contributed by atoms with E-state index >= 15 is 0 Å². The van der Waals surface area contributed by atoms with E-state index in [0.717, 1.165) is 49.3 Å². The maximum atomic E-state index is 13.4. The number of carbonyl (C=O) groups is 1. The first-order valence-corrected chi connectivity index (χ1v) is 12.1. The molecule has 2 aromatic heterocycles. The molecule has 0 aromatic carbocycles. The van der Waals surface area contributed by atoms with E-state index in [1.165, 1.54) is 11.3 Å². The number of amidine groups is 1. The second-order valence-corrected chi connectivity index (χ2v) is 10.3. The van der Waals surface area contributed by atoms with Crippen molar-refractivity contribution in [3.05, 3.63) is 34.0 Å². The Morgan fingerprint density at radius 2 is 2.21 bits per heavy atom. The molecular weight excluding hydrogens is 436 g/mol. The summed E-state index contributed by atoms with van der Waals surface area (Å²) in [6.07, 6.45) is 4.87. The van der Waals surface area contributed by atoms with Crippen molar-refractivity contribution in [3.8, 4) is 6.07 Å². The van der Waals surface area contributed by atoms with E-state index < -0.39 is 5.41 Å². The SMILES string of the molecule is C[C@H]1CN(C)CCCN1c1nccc(C(=N)NC(=O)[C@@]2(C)CCCc3sc(N)c(C#N)c32)n1. The number of fused-ring (bicyclic) bond motifs is 1. The van der Waals surface area contributed by atoms with E-state index in [-0.39, 0.29) is 17.8 Å². The first-order valence-electron chi connectivity index (χ1n) is 11.2. The quantitative estimate of drug-likeness (QED) is 0.466. The molecular formula is C23H30N8OS. The van der Waals surface area contributed by atoms with Crippen molar-refractivity contribution in [3.63, 3.8) is 0 Å². The minimum atomic E-state index is -0.918. The summed E-state index contributed by atoms with van der Waals surface area (Å²) in [4.78, 5) is 27.9. The summed E-state index contributed by atoms with van der Waals surface area (Å²) in [5, 5.41) is 21.4. The number of nitrogen functional groups attached to an aromatic ring is 1. The van der Waals surface area contributed by atoms with Gasteiger partial charge in [0.1, 0.15) is 16.8 Å². The lowest BCUT2D eigenvalue weighted by Gasteiger charge is -2.33. The summed E-state index contributed by atoms with van der Waals surface area (Å²) in [6, 6.07) is 4.05. The Labute approximate surface area is 198 Å². The third-order valence-electron chi connectivity index (χ3n) is 6.69. The Kier molecular flexibility index (Phi) is 6.36. The van der Waals surface area contributed by atoms with Gasteiger partial charge in [-0.3, -0.25) is 10.2 Å². The first-order chi connectivity index (χ1) is 15.7. The van der Waals surface area contributed by atoms with Crippen LogP contribution in [0.2, 0.25) is 0 Å². The summed E-state index contributed by atoms with van der Waals surface area (Å²) in [5.41, 5.74) is 6.62. The smallest absolute Gasteiger partial charge is 0.236 e. The number of hydrogen-bond acceptors (Lipinski definition) is 9. The van der Waals surface area contributed by atoms with Crippen LogP contribution in [0.1, 0.15) is 54.8 Å². The van der Waals surface area contributed by atoms with Crippen molar-refractivity contribution in [2.24, 2.45) is 0 Å². The molecule has 0 bridgehead atoms. The van der Waals surface area contributed by atoms with Gasteiger partial charge < -0.3 is 20.9 Å². The number of thiophene rings is 1. The number of nitrogens with zero attached hydrogens (tertiary/aromatic N) is 5. The van der Waals surface area contributed by atoms with E-state index in [9.17, 15) is 10.1 Å². The normalized spacial score (nSPS) is 23.3. The van der Waals surface area contributed by atoms with Gasteiger partial charge in [-0.15, -0.1) is 11.3 Å². The minimum absolute atomic E-state index is 0.0710. The number of likely N-dealkylation sites (N-methyl/N-ethyl adjacent to an activating group) is 1. The van der Waals surface area contributed by atoms with Gasteiger partial charge in [-0.2, -0.15) is 5.26 Å². The van der Waals surface area contributed by atoms with Gasteiger partial charge in [-0.05, 0) is 59.2 Å². The second kappa shape index (κ2) is 9.08. The summed E-state index contributed by atoms with van der Waals surface area (Å²) in [6.45, 7) is 6.75. The molecule has 4 rings (SSSR count). The average Bonchev–Trinajstić information content (AvgIpc) is 3.02. The van der Waals surface area contributed by atoms with Gasteiger partial charge in [0.25, 0.3) is 0 Å². The number of rotatable bonds is 3. The van der Waals surface area contributed by atoms with Gasteiger partial charge in [-0.25, -0.2) is 9.97 Å². The lowest BCUT2D eigenvalue weighted by molar-refractivity contribution is -0.125. The molecule has 2 aromatic rings. The zero-order chi connectivity index (χ0) is 23.8. The van der Waals surface area contributed by atoms with E-state index in [1.807, 2.05) is 6.92 Å². The van der Waals surface area contributed by atoms with Crippen LogP contribution in [0.15, 0.2) is 12.3 Å². The molecule has 1 amide bonds. The van der Waals surface area contributed by atoms with Gasteiger partial charge >= 0.3 is 0 Å². The molecule has 0 spiro atoms. The molecule has 0 radical (unpaired) electrons. The van der Waals surface area contributed by atoms with Crippen LogP contribution in [0, 0.1) is 16.7 Å². The highest BCUT2D eigenvalue weighted by Gasteiger charge is 2.43. The minimum Gasteiger partial charge on any atom is -0.389 e. The monoisotopic (exact) mass is 466 g/mol. The van der Waals surface area contributed by atoms with E-state index in [2.05, 4.69) is 45.1 Å². The molecule has 174 valence electrons. The number of hydrogen-bond donors (Lipinski definition) is 3. The summed E-state index contributed by atoms with van der Waals surface area (Å²) in [5.74, 6) is 0.184. The van der Waals surface area contributed by atoms with Gasteiger partial charge in [0.2, 0.25) is 11.9 Å². The van der Waals surface area contributed by atoms with Crippen LogP contribution >= 0.6 is 11.3 Å². The number of nitrogens with one attached hydrogen (secondary N) is 2.